The van der Waals surface area contributed by atoms with Crippen LogP contribution in [0.5, 0.6) is 0 Å². The van der Waals surface area contributed by atoms with Crippen molar-refractivity contribution in [2.24, 2.45) is 0 Å². The van der Waals surface area contributed by atoms with E-state index >= 15 is 0 Å². The van der Waals surface area contributed by atoms with E-state index in [1.807, 2.05) is 6.07 Å². The Bertz CT molecular complexity index is 1170. The number of ketones is 1. The number of rotatable bonds is 6. The van der Waals surface area contributed by atoms with Gasteiger partial charge >= 0.3 is 0 Å². The maximum atomic E-state index is 14.8. The summed E-state index contributed by atoms with van der Waals surface area (Å²) in [5.74, 6) is -0.861. The molecule has 0 aliphatic rings. The second kappa shape index (κ2) is 8.07. The van der Waals surface area contributed by atoms with Crippen LogP contribution in [-0.4, -0.2) is 21.2 Å². The Kier molecular flexibility index (Phi) is 5.70. The van der Waals surface area contributed by atoms with Gasteiger partial charge in [0, 0.05) is 24.6 Å². The molecule has 154 valence electrons. The number of fused-ring (bicyclic) bond motifs is 1. The number of nitrogens with one attached hydrogen (secondary N) is 1. The highest BCUT2D eigenvalue weighted by Crippen LogP contribution is 2.28. The van der Waals surface area contributed by atoms with Gasteiger partial charge in [-0.25, -0.2) is 9.37 Å². The van der Waals surface area contributed by atoms with Crippen LogP contribution in [0, 0.1) is 17.1 Å². The molecule has 0 spiro atoms. The second-order valence-corrected chi connectivity index (χ2v) is 7.86. The standard InChI is InChI=1S/C23H23FN4O2/c1-14(29)17-6-5-7-20-22(17)28(13-26-20)11-21(27-15(2)30)16-8-9-18(19(24)10-16)23(3,4)12-25/h5-10,13,21H,11H2,1-4H3,(H,27,30). The molecule has 0 fully saturated rings. The lowest BCUT2D eigenvalue weighted by Gasteiger charge is -2.22. The predicted molar refractivity (Wildman–Crippen MR) is 111 cm³/mol. The minimum Gasteiger partial charge on any atom is -0.348 e. The van der Waals surface area contributed by atoms with Crippen molar-refractivity contribution in [3.63, 3.8) is 0 Å². The van der Waals surface area contributed by atoms with Gasteiger partial charge in [-0.15, -0.1) is 0 Å². The van der Waals surface area contributed by atoms with Gasteiger partial charge in [0.2, 0.25) is 5.91 Å². The van der Waals surface area contributed by atoms with E-state index in [9.17, 15) is 19.2 Å². The monoisotopic (exact) mass is 406 g/mol. The van der Waals surface area contributed by atoms with E-state index in [0.717, 1.165) is 0 Å². The molecule has 0 aliphatic heterocycles. The van der Waals surface area contributed by atoms with Gasteiger partial charge in [-0.2, -0.15) is 5.26 Å². The van der Waals surface area contributed by atoms with Gasteiger partial charge in [-0.3, -0.25) is 9.59 Å². The summed E-state index contributed by atoms with van der Waals surface area (Å²) in [6, 6.07) is 11.5. The maximum absolute atomic E-state index is 14.8. The number of nitrogens with zero attached hydrogens (tertiary/aromatic N) is 3. The largest absolute Gasteiger partial charge is 0.348 e. The van der Waals surface area contributed by atoms with Gasteiger partial charge in [-0.1, -0.05) is 18.2 Å². The van der Waals surface area contributed by atoms with Crippen molar-refractivity contribution in [3.05, 3.63) is 65.2 Å². The number of amides is 1. The maximum Gasteiger partial charge on any atom is 0.217 e. The lowest BCUT2D eigenvalue weighted by atomic mass is 9.85. The lowest BCUT2D eigenvalue weighted by molar-refractivity contribution is -0.119. The third kappa shape index (κ3) is 4.08. The zero-order valence-electron chi connectivity index (χ0n) is 17.4. The van der Waals surface area contributed by atoms with Crippen molar-refractivity contribution in [1.29, 1.82) is 5.26 Å². The number of aromatic nitrogens is 2. The summed E-state index contributed by atoms with van der Waals surface area (Å²) in [5.41, 5.74) is 1.75. The number of nitriles is 1. The molecule has 2 aromatic carbocycles. The second-order valence-electron chi connectivity index (χ2n) is 7.86. The van der Waals surface area contributed by atoms with Crippen molar-refractivity contribution in [2.45, 2.75) is 45.7 Å². The fourth-order valence-electron chi connectivity index (χ4n) is 3.54. The summed E-state index contributed by atoms with van der Waals surface area (Å²) in [6.45, 7) is 6.45. The molecular weight excluding hydrogens is 383 g/mol. The number of Topliss-reactive ketones (excluding diaryl/α,β-unsaturated/α-hetero) is 1. The number of benzene rings is 2. The van der Waals surface area contributed by atoms with E-state index in [-0.39, 0.29) is 18.2 Å². The van der Waals surface area contributed by atoms with Crippen molar-refractivity contribution >= 4 is 22.7 Å². The molecule has 1 unspecified atom stereocenters. The molecule has 1 N–H and O–H groups in total. The molecule has 7 heteroatoms. The summed E-state index contributed by atoms with van der Waals surface area (Å²) in [4.78, 5) is 28.2. The molecule has 6 nitrogen and oxygen atoms in total. The average molecular weight is 406 g/mol. The van der Waals surface area contributed by atoms with Crippen molar-refractivity contribution in [2.75, 3.05) is 0 Å². The third-order valence-electron chi connectivity index (χ3n) is 5.12. The van der Waals surface area contributed by atoms with Crippen molar-refractivity contribution in [3.8, 4) is 6.07 Å². The molecule has 3 aromatic rings. The molecule has 1 amide bonds. The Labute approximate surface area is 174 Å². The number of hydrogen-bond donors (Lipinski definition) is 1. The first-order valence-corrected chi connectivity index (χ1v) is 9.57. The first-order valence-electron chi connectivity index (χ1n) is 9.57. The zero-order chi connectivity index (χ0) is 22.1. The lowest BCUT2D eigenvalue weighted by Crippen LogP contribution is -2.30. The number of hydrogen-bond acceptors (Lipinski definition) is 4. The van der Waals surface area contributed by atoms with E-state index in [2.05, 4.69) is 16.4 Å². The molecule has 0 saturated carbocycles. The van der Waals surface area contributed by atoms with Crippen LogP contribution < -0.4 is 5.32 Å². The Hall–Kier alpha value is -3.53. The molecule has 0 radical (unpaired) electrons. The Morgan fingerprint density at radius 3 is 2.60 bits per heavy atom. The Balaban J connectivity index is 2.04. The highest BCUT2D eigenvalue weighted by Gasteiger charge is 2.25. The number of carbonyl (C=O) groups is 2. The SMILES string of the molecule is CC(=O)NC(Cn1cnc2cccc(C(C)=O)c21)c1ccc(C(C)(C)C#N)c(F)c1. The van der Waals surface area contributed by atoms with Gasteiger partial charge in [0.15, 0.2) is 5.78 Å². The van der Waals surface area contributed by atoms with Gasteiger partial charge in [0.25, 0.3) is 0 Å². The molecule has 30 heavy (non-hydrogen) atoms. The van der Waals surface area contributed by atoms with Crippen LogP contribution in [0.2, 0.25) is 0 Å². The quantitative estimate of drug-likeness (QED) is 0.626. The minimum atomic E-state index is -0.969. The summed E-state index contributed by atoms with van der Waals surface area (Å²) in [6.07, 6.45) is 1.61. The average Bonchev–Trinajstić information content (AvgIpc) is 3.09. The van der Waals surface area contributed by atoms with Crippen LogP contribution in [0.3, 0.4) is 0 Å². The van der Waals surface area contributed by atoms with E-state index in [0.29, 0.717) is 27.7 Å². The zero-order valence-corrected chi connectivity index (χ0v) is 17.4. The van der Waals surface area contributed by atoms with Gasteiger partial charge in [0.05, 0.1) is 34.9 Å². The van der Waals surface area contributed by atoms with Crippen LogP contribution in [0.25, 0.3) is 11.0 Å². The van der Waals surface area contributed by atoms with E-state index in [4.69, 9.17) is 0 Å². The fourth-order valence-corrected chi connectivity index (χ4v) is 3.54. The topological polar surface area (TPSA) is 87.8 Å². The molecule has 0 bridgehead atoms. The molecule has 1 heterocycles. The summed E-state index contributed by atoms with van der Waals surface area (Å²) >= 11 is 0. The predicted octanol–water partition coefficient (Wildman–Crippen LogP) is 4.06. The van der Waals surface area contributed by atoms with Crippen LogP contribution in [-0.2, 0) is 16.8 Å². The summed E-state index contributed by atoms with van der Waals surface area (Å²) < 4.78 is 16.6. The normalized spacial score (nSPS) is 12.4. The highest BCUT2D eigenvalue weighted by atomic mass is 19.1. The van der Waals surface area contributed by atoms with E-state index < -0.39 is 17.3 Å². The Morgan fingerprint density at radius 1 is 1.27 bits per heavy atom. The number of imidazole rings is 1. The van der Waals surface area contributed by atoms with Crippen LogP contribution in [0.4, 0.5) is 4.39 Å². The van der Waals surface area contributed by atoms with Crippen molar-refractivity contribution in [1.82, 2.24) is 14.9 Å². The first kappa shape index (κ1) is 21.2. The number of para-hydroxylation sites is 1. The van der Waals surface area contributed by atoms with Gasteiger partial charge < -0.3 is 9.88 Å². The van der Waals surface area contributed by atoms with Crippen LogP contribution in [0.1, 0.15) is 55.2 Å². The third-order valence-corrected chi connectivity index (χ3v) is 5.12. The van der Waals surface area contributed by atoms with Crippen LogP contribution in [0.15, 0.2) is 42.7 Å². The van der Waals surface area contributed by atoms with Gasteiger partial charge in [-0.05, 0) is 44.5 Å². The molecular formula is C23H23FN4O2. The molecule has 1 aromatic heterocycles. The summed E-state index contributed by atoms with van der Waals surface area (Å²) in [7, 11) is 0. The summed E-state index contributed by atoms with van der Waals surface area (Å²) in [5, 5.41) is 12.1. The minimum absolute atomic E-state index is 0.0902. The smallest absolute Gasteiger partial charge is 0.217 e. The first-order chi connectivity index (χ1) is 14.1. The highest BCUT2D eigenvalue weighted by molar-refractivity contribution is 6.05. The van der Waals surface area contributed by atoms with Gasteiger partial charge in [0.1, 0.15) is 5.82 Å². The molecule has 0 aliphatic carbocycles. The van der Waals surface area contributed by atoms with E-state index in [1.54, 1.807) is 49.0 Å². The number of halogens is 1. The Morgan fingerprint density at radius 2 is 2.00 bits per heavy atom. The molecule has 0 saturated heterocycles. The number of carbonyl (C=O) groups excluding carboxylic acids is 2. The molecule has 1 atom stereocenters. The van der Waals surface area contributed by atoms with Crippen LogP contribution >= 0.6 is 0 Å². The fraction of sp³-hybridized carbons (Fsp3) is 0.304. The van der Waals surface area contributed by atoms with Crippen molar-refractivity contribution < 1.29 is 14.0 Å². The molecule has 3 rings (SSSR count). The van der Waals surface area contributed by atoms with E-state index in [1.165, 1.54) is 19.9 Å².